The maximum atomic E-state index is 11.9. The zero-order chi connectivity index (χ0) is 11.7. The standard InChI is InChI=1S/C14H14N2O/c17-14-10-15-8-9-16(14)13-7-3-5-11-4-1-2-6-12(11)13/h1-7,15H,8-10H2. The first-order chi connectivity index (χ1) is 8.36. The predicted octanol–water partition coefficient (Wildman–Crippen LogP) is 1.78. The van der Waals surface area contributed by atoms with Crippen molar-refractivity contribution in [2.45, 2.75) is 0 Å². The number of carbonyl (C=O) groups is 1. The van der Waals surface area contributed by atoms with Crippen LogP contribution in [0, 0.1) is 0 Å². The fraction of sp³-hybridized carbons (Fsp3) is 0.214. The van der Waals surface area contributed by atoms with Crippen molar-refractivity contribution in [3.05, 3.63) is 42.5 Å². The van der Waals surface area contributed by atoms with Crippen LogP contribution >= 0.6 is 0 Å². The summed E-state index contributed by atoms with van der Waals surface area (Å²) in [4.78, 5) is 13.8. The molecule has 0 atom stereocenters. The van der Waals surface area contributed by atoms with Crippen LogP contribution in [0.3, 0.4) is 0 Å². The van der Waals surface area contributed by atoms with E-state index in [0.29, 0.717) is 6.54 Å². The second-order valence-electron chi connectivity index (χ2n) is 4.22. The van der Waals surface area contributed by atoms with Crippen LogP contribution in [0.2, 0.25) is 0 Å². The van der Waals surface area contributed by atoms with Crippen LogP contribution in [0.15, 0.2) is 42.5 Å². The number of hydrogen-bond donors (Lipinski definition) is 1. The Balaban J connectivity index is 2.13. The van der Waals surface area contributed by atoms with E-state index in [1.807, 2.05) is 29.2 Å². The molecule has 3 nitrogen and oxygen atoms in total. The summed E-state index contributed by atoms with van der Waals surface area (Å²) in [5.41, 5.74) is 1.02. The SMILES string of the molecule is O=C1CNCCN1c1cccc2ccccc12. The number of hydrogen-bond acceptors (Lipinski definition) is 2. The van der Waals surface area contributed by atoms with Crippen molar-refractivity contribution in [3.8, 4) is 0 Å². The Morgan fingerprint density at radius 2 is 1.88 bits per heavy atom. The molecule has 86 valence electrons. The molecule has 2 aromatic carbocycles. The van der Waals surface area contributed by atoms with Crippen molar-refractivity contribution in [2.24, 2.45) is 0 Å². The van der Waals surface area contributed by atoms with E-state index < -0.39 is 0 Å². The highest BCUT2D eigenvalue weighted by Crippen LogP contribution is 2.26. The molecule has 1 aliphatic heterocycles. The number of piperazine rings is 1. The number of amides is 1. The first kappa shape index (κ1) is 10.3. The van der Waals surface area contributed by atoms with Gasteiger partial charge in [-0.3, -0.25) is 4.79 Å². The zero-order valence-corrected chi connectivity index (χ0v) is 9.52. The highest BCUT2D eigenvalue weighted by molar-refractivity contribution is 6.04. The van der Waals surface area contributed by atoms with Crippen molar-refractivity contribution >= 4 is 22.4 Å². The number of fused-ring (bicyclic) bond motifs is 1. The normalized spacial score (nSPS) is 16.5. The molecule has 0 aliphatic carbocycles. The highest BCUT2D eigenvalue weighted by Gasteiger charge is 2.20. The summed E-state index contributed by atoms with van der Waals surface area (Å²) >= 11 is 0. The number of benzene rings is 2. The van der Waals surface area contributed by atoms with Gasteiger partial charge in [-0.05, 0) is 11.5 Å². The molecule has 3 heteroatoms. The van der Waals surface area contributed by atoms with Gasteiger partial charge in [-0.1, -0.05) is 36.4 Å². The van der Waals surface area contributed by atoms with Crippen LogP contribution in [-0.4, -0.2) is 25.5 Å². The molecule has 2 aromatic rings. The van der Waals surface area contributed by atoms with Crippen LogP contribution in [0.25, 0.3) is 10.8 Å². The minimum absolute atomic E-state index is 0.146. The second-order valence-corrected chi connectivity index (χ2v) is 4.22. The Labute approximate surface area is 100 Å². The lowest BCUT2D eigenvalue weighted by Crippen LogP contribution is -2.48. The molecule has 0 spiro atoms. The van der Waals surface area contributed by atoms with E-state index in [1.54, 1.807) is 0 Å². The summed E-state index contributed by atoms with van der Waals surface area (Å²) in [7, 11) is 0. The Morgan fingerprint density at radius 3 is 2.76 bits per heavy atom. The van der Waals surface area contributed by atoms with Crippen LogP contribution in [-0.2, 0) is 4.79 Å². The van der Waals surface area contributed by atoms with Gasteiger partial charge in [-0.15, -0.1) is 0 Å². The largest absolute Gasteiger partial charge is 0.309 e. The molecule has 1 saturated heterocycles. The number of rotatable bonds is 1. The summed E-state index contributed by atoms with van der Waals surface area (Å²) in [5, 5.41) is 5.41. The lowest BCUT2D eigenvalue weighted by Gasteiger charge is -2.28. The molecule has 17 heavy (non-hydrogen) atoms. The van der Waals surface area contributed by atoms with Crippen molar-refractivity contribution in [2.75, 3.05) is 24.5 Å². The Hall–Kier alpha value is -1.87. The van der Waals surface area contributed by atoms with Crippen molar-refractivity contribution in [3.63, 3.8) is 0 Å². The fourth-order valence-corrected chi connectivity index (χ4v) is 2.30. The van der Waals surface area contributed by atoms with Gasteiger partial charge >= 0.3 is 0 Å². The lowest BCUT2D eigenvalue weighted by atomic mass is 10.1. The number of carbonyl (C=O) groups excluding carboxylic acids is 1. The molecule has 1 aliphatic rings. The highest BCUT2D eigenvalue weighted by atomic mass is 16.2. The quantitative estimate of drug-likeness (QED) is 0.803. The summed E-state index contributed by atoms with van der Waals surface area (Å²) in [5.74, 6) is 0.146. The smallest absolute Gasteiger partial charge is 0.241 e. The molecule has 0 saturated carbocycles. The summed E-state index contributed by atoms with van der Waals surface area (Å²) in [6.45, 7) is 2.03. The van der Waals surface area contributed by atoms with Gasteiger partial charge < -0.3 is 10.2 Å². The van der Waals surface area contributed by atoms with E-state index in [-0.39, 0.29) is 5.91 Å². The maximum Gasteiger partial charge on any atom is 0.241 e. The Kier molecular flexibility index (Phi) is 2.53. The van der Waals surface area contributed by atoms with Crippen LogP contribution in [0.4, 0.5) is 5.69 Å². The number of nitrogens with zero attached hydrogens (tertiary/aromatic N) is 1. The second kappa shape index (κ2) is 4.18. The van der Waals surface area contributed by atoms with Gasteiger partial charge in [0.05, 0.1) is 12.2 Å². The van der Waals surface area contributed by atoms with E-state index >= 15 is 0 Å². The van der Waals surface area contributed by atoms with Gasteiger partial charge in [0.1, 0.15) is 0 Å². The molecular weight excluding hydrogens is 212 g/mol. The molecule has 1 fully saturated rings. The van der Waals surface area contributed by atoms with Gasteiger partial charge in [-0.25, -0.2) is 0 Å². The van der Waals surface area contributed by atoms with Crippen molar-refractivity contribution in [1.29, 1.82) is 0 Å². The topological polar surface area (TPSA) is 32.3 Å². The summed E-state index contributed by atoms with van der Waals surface area (Å²) in [6, 6.07) is 14.3. The molecule has 3 rings (SSSR count). The third kappa shape index (κ3) is 1.78. The van der Waals surface area contributed by atoms with Crippen molar-refractivity contribution in [1.82, 2.24) is 5.32 Å². The Bertz CT molecular complexity index is 560. The number of nitrogens with one attached hydrogen (secondary N) is 1. The van der Waals surface area contributed by atoms with Gasteiger partial charge in [0.2, 0.25) is 5.91 Å². The molecule has 0 unspecified atom stereocenters. The Morgan fingerprint density at radius 1 is 1.06 bits per heavy atom. The van der Waals surface area contributed by atoms with Crippen LogP contribution in [0.1, 0.15) is 0 Å². The molecule has 0 aromatic heterocycles. The third-order valence-electron chi connectivity index (χ3n) is 3.15. The molecule has 1 N–H and O–H groups in total. The van der Waals surface area contributed by atoms with Gasteiger partial charge in [0.25, 0.3) is 0 Å². The molecular formula is C14H14N2O. The van der Waals surface area contributed by atoms with Crippen LogP contribution in [0.5, 0.6) is 0 Å². The van der Waals surface area contributed by atoms with Gasteiger partial charge in [0, 0.05) is 18.5 Å². The minimum atomic E-state index is 0.146. The fourth-order valence-electron chi connectivity index (χ4n) is 2.30. The zero-order valence-electron chi connectivity index (χ0n) is 9.52. The van der Waals surface area contributed by atoms with Crippen LogP contribution < -0.4 is 10.2 Å². The first-order valence-electron chi connectivity index (χ1n) is 5.85. The van der Waals surface area contributed by atoms with Gasteiger partial charge in [0.15, 0.2) is 0 Å². The van der Waals surface area contributed by atoms with Crippen molar-refractivity contribution < 1.29 is 4.79 Å². The molecule has 0 bridgehead atoms. The molecule has 1 amide bonds. The predicted molar refractivity (Wildman–Crippen MR) is 69.2 cm³/mol. The lowest BCUT2D eigenvalue weighted by molar-refractivity contribution is -0.118. The van der Waals surface area contributed by atoms with E-state index in [1.165, 1.54) is 5.39 Å². The number of anilines is 1. The molecule has 0 radical (unpaired) electrons. The monoisotopic (exact) mass is 226 g/mol. The minimum Gasteiger partial charge on any atom is -0.309 e. The van der Waals surface area contributed by atoms with E-state index in [0.717, 1.165) is 24.2 Å². The average Bonchev–Trinajstić information content (AvgIpc) is 2.39. The summed E-state index contributed by atoms with van der Waals surface area (Å²) < 4.78 is 0. The van der Waals surface area contributed by atoms with Gasteiger partial charge in [-0.2, -0.15) is 0 Å². The average molecular weight is 226 g/mol. The van der Waals surface area contributed by atoms with E-state index in [9.17, 15) is 4.79 Å². The first-order valence-corrected chi connectivity index (χ1v) is 5.85. The third-order valence-corrected chi connectivity index (χ3v) is 3.15. The molecule has 1 heterocycles. The van der Waals surface area contributed by atoms with E-state index in [4.69, 9.17) is 0 Å². The maximum absolute atomic E-state index is 11.9. The summed E-state index contributed by atoms with van der Waals surface area (Å²) in [6.07, 6.45) is 0. The van der Waals surface area contributed by atoms with E-state index in [2.05, 4.69) is 23.5 Å².